The van der Waals surface area contributed by atoms with Crippen molar-refractivity contribution in [2.75, 3.05) is 17.3 Å². The SMILES string of the molecule is CC(C)(C)OC(=O)NCC(=O)Nc1nc2cc(OS(=O)(=O)c3ccc(-n4ccnc4)cc3)ccc2[nH]1.O=C(Cc1ccccc1)Nn1cnc2cc(OS(=O)(=O)c3ccc(-n4ccnc4)cc3)ccc21. The van der Waals surface area contributed by atoms with Gasteiger partial charge in [0.25, 0.3) is 0 Å². The van der Waals surface area contributed by atoms with Crippen LogP contribution in [0, 0.1) is 0 Å². The number of H-pyrrole nitrogens is 1. The zero-order chi connectivity index (χ0) is 49.5. The van der Waals surface area contributed by atoms with Crippen LogP contribution in [0.1, 0.15) is 26.3 Å². The minimum absolute atomic E-state index is 0.0149. The Morgan fingerprint density at radius 1 is 0.671 bits per heavy atom. The number of carbonyl (C=O) groups is 3. The van der Waals surface area contributed by atoms with E-state index in [-0.39, 0.29) is 46.1 Å². The van der Waals surface area contributed by atoms with E-state index in [0.29, 0.717) is 22.1 Å². The predicted molar refractivity (Wildman–Crippen MR) is 256 cm³/mol. The third-order valence-electron chi connectivity index (χ3n) is 9.74. The van der Waals surface area contributed by atoms with Crippen LogP contribution in [-0.4, -0.2) is 85.6 Å². The number of fused-ring (bicyclic) bond motifs is 2. The molecular formula is C47H43N11O10S2. The number of nitrogens with zero attached hydrogens (tertiary/aromatic N) is 7. The largest absolute Gasteiger partial charge is 0.444 e. The van der Waals surface area contributed by atoms with Crippen LogP contribution in [0.5, 0.6) is 11.5 Å². The average Bonchev–Trinajstić information content (AvgIpc) is 4.17. The van der Waals surface area contributed by atoms with Crippen LogP contribution >= 0.6 is 0 Å². The molecule has 4 N–H and O–H groups in total. The van der Waals surface area contributed by atoms with E-state index >= 15 is 0 Å². The number of anilines is 1. The Morgan fingerprint density at radius 3 is 1.80 bits per heavy atom. The van der Waals surface area contributed by atoms with Crippen LogP contribution in [0.3, 0.4) is 0 Å². The summed E-state index contributed by atoms with van der Waals surface area (Å²) in [5, 5.41) is 4.87. The van der Waals surface area contributed by atoms with Gasteiger partial charge < -0.3 is 32.5 Å². The monoisotopic (exact) mass is 985 g/mol. The van der Waals surface area contributed by atoms with Gasteiger partial charge in [-0.2, -0.15) is 16.8 Å². The van der Waals surface area contributed by atoms with E-state index in [1.54, 1.807) is 104 Å². The fraction of sp³-hybridized carbons (Fsp3) is 0.128. The van der Waals surface area contributed by atoms with E-state index < -0.39 is 37.8 Å². The minimum atomic E-state index is -4.09. The Morgan fingerprint density at radius 2 is 1.24 bits per heavy atom. The van der Waals surface area contributed by atoms with Crippen molar-refractivity contribution in [1.29, 1.82) is 0 Å². The second-order valence-corrected chi connectivity index (χ2v) is 19.2. The first-order valence-corrected chi connectivity index (χ1v) is 23.9. The Bertz CT molecular complexity index is 3500. The number of hydrogen-bond acceptors (Lipinski definition) is 14. The average molecular weight is 986 g/mol. The number of amides is 3. The van der Waals surface area contributed by atoms with Crippen LogP contribution in [0.2, 0.25) is 0 Å². The summed E-state index contributed by atoms with van der Waals surface area (Å²) in [5.74, 6) is -0.439. The van der Waals surface area contributed by atoms with Crippen molar-refractivity contribution in [3.05, 3.63) is 165 Å². The second kappa shape index (κ2) is 20.2. The highest BCUT2D eigenvalue weighted by Gasteiger charge is 2.21. The van der Waals surface area contributed by atoms with Gasteiger partial charge in [0.05, 0.1) is 41.1 Å². The highest BCUT2D eigenvalue weighted by molar-refractivity contribution is 7.87. The summed E-state index contributed by atoms with van der Waals surface area (Å²) < 4.78 is 71.6. The summed E-state index contributed by atoms with van der Waals surface area (Å²) in [4.78, 5) is 55.5. The van der Waals surface area contributed by atoms with Gasteiger partial charge in [-0.25, -0.2) is 29.4 Å². The Balaban J connectivity index is 0.000000188. The van der Waals surface area contributed by atoms with Gasteiger partial charge in [-0.05, 0) is 99.1 Å². The molecule has 5 aromatic carbocycles. The van der Waals surface area contributed by atoms with Gasteiger partial charge in [-0.3, -0.25) is 20.3 Å². The van der Waals surface area contributed by atoms with Gasteiger partial charge in [-0.1, -0.05) is 30.3 Å². The number of imidazole rings is 4. The first kappa shape index (κ1) is 47.7. The van der Waals surface area contributed by atoms with Crippen LogP contribution in [0.15, 0.2) is 169 Å². The molecule has 358 valence electrons. The molecule has 0 fully saturated rings. The maximum Gasteiger partial charge on any atom is 0.408 e. The quantitative estimate of drug-likeness (QED) is 0.0874. The highest BCUT2D eigenvalue weighted by atomic mass is 32.2. The summed E-state index contributed by atoms with van der Waals surface area (Å²) >= 11 is 0. The fourth-order valence-corrected chi connectivity index (χ4v) is 8.42. The van der Waals surface area contributed by atoms with Gasteiger partial charge in [0.15, 0.2) is 0 Å². The Labute approximate surface area is 400 Å². The second-order valence-electron chi connectivity index (χ2n) is 16.1. The molecular weight excluding hydrogens is 943 g/mol. The van der Waals surface area contributed by atoms with Crippen LogP contribution in [0.25, 0.3) is 33.4 Å². The molecule has 23 heteroatoms. The molecule has 9 aromatic rings. The number of aromatic amines is 1. The maximum atomic E-state index is 12.7. The van der Waals surface area contributed by atoms with Gasteiger partial charge in [0.2, 0.25) is 17.8 Å². The summed E-state index contributed by atoms with van der Waals surface area (Å²) in [6, 6.07) is 31.0. The lowest BCUT2D eigenvalue weighted by Crippen LogP contribution is -2.37. The van der Waals surface area contributed by atoms with Crippen molar-refractivity contribution in [3.8, 4) is 22.9 Å². The van der Waals surface area contributed by atoms with Crippen molar-refractivity contribution in [3.63, 3.8) is 0 Å². The number of rotatable bonds is 14. The lowest BCUT2D eigenvalue weighted by molar-refractivity contribution is -0.116. The molecule has 3 amide bonds. The summed E-state index contributed by atoms with van der Waals surface area (Å²) in [7, 11) is -8.14. The number of hydrogen-bond donors (Lipinski definition) is 4. The molecule has 0 radical (unpaired) electrons. The van der Waals surface area contributed by atoms with E-state index in [4.69, 9.17) is 13.1 Å². The van der Waals surface area contributed by atoms with E-state index in [1.807, 2.05) is 30.3 Å². The number of carbonyl (C=O) groups excluding carboxylic acids is 3. The first-order chi connectivity index (χ1) is 33.5. The lowest BCUT2D eigenvalue weighted by Gasteiger charge is -2.19. The molecule has 0 aliphatic carbocycles. The Hall–Kier alpha value is -8.83. The lowest BCUT2D eigenvalue weighted by atomic mass is 10.1. The topological polar surface area (TPSA) is 265 Å². The van der Waals surface area contributed by atoms with Crippen LogP contribution in [-0.2, 0) is 41.0 Å². The van der Waals surface area contributed by atoms with Gasteiger partial charge in [0, 0.05) is 48.3 Å². The third kappa shape index (κ3) is 12.2. The van der Waals surface area contributed by atoms with Crippen molar-refractivity contribution in [2.45, 2.75) is 42.6 Å². The van der Waals surface area contributed by atoms with Gasteiger partial charge in [0.1, 0.15) is 39.8 Å². The van der Waals surface area contributed by atoms with Crippen molar-refractivity contribution < 1.29 is 44.3 Å². The molecule has 0 unspecified atom stereocenters. The summed E-state index contributed by atoms with van der Waals surface area (Å²) in [6.45, 7) is 4.81. The standard InChI is InChI=1S/C24H19N5O4S.C23H24N6O6S/c30-24(14-18-4-2-1-3-5-18)27-29-17-26-22-15-20(8-11-23(22)29)33-34(31,32)21-9-6-19(7-10-21)28-13-12-25-16-28;1-23(2,3)34-22(31)25-13-20(30)28-21-26-18-9-6-16(12-19(18)27-21)35-36(32,33)17-7-4-15(5-8-17)29-11-10-24-14-29/h1-13,15-17H,14H2,(H,27,30);4-12,14H,13H2,1-3H3,(H,25,31)(H2,26,27,28,30). The predicted octanol–water partition coefficient (Wildman–Crippen LogP) is 6.28. The van der Waals surface area contributed by atoms with Crippen molar-refractivity contribution in [1.82, 2.24) is 44.0 Å². The highest BCUT2D eigenvalue weighted by Crippen LogP contribution is 2.26. The molecule has 70 heavy (non-hydrogen) atoms. The molecule has 0 spiro atoms. The fourth-order valence-electron chi connectivity index (χ4n) is 6.57. The minimum Gasteiger partial charge on any atom is -0.444 e. The van der Waals surface area contributed by atoms with Gasteiger partial charge in [-0.15, -0.1) is 0 Å². The van der Waals surface area contributed by atoms with Crippen molar-refractivity contribution in [2.24, 2.45) is 0 Å². The summed E-state index contributed by atoms with van der Waals surface area (Å²) in [5.41, 5.74) is 6.50. The molecule has 0 aliphatic heterocycles. The molecule has 4 heterocycles. The first-order valence-electron chi connectivity index (χ1n) is 21.1. The van der Waals surface area contributed by atoms with Crippen LogP contribution < -0.4 is 24.4 Å². The number of ether oxygens (including phenoxy) is 1. The molecule has 0 saturated carbocycles. The van der Waals surface area contributed by atoms with E-state index in [1.165, 1.54) is 59.5 Å². The molecule has 9 rings (SSSR count). The van der Waals surface area contributed by atoms with E-state index in [0.717, 1.165) is 16.9 Å². The van der Waals surface area contributed by atoms with Gasteiger partial charge >= 0.3 is 26.3 Å². The van der Waals surface area contributed by atoms with Crippen molar-refractivity contribution >= 4 is 66.2 Å². The normalized spacial score (nSPS) is 11.6. The molecule has 21 nitrogen and oxygen atoms in total. The zero-order valence-corrected chi connectivity index (χ0v) is 39.1. The number of alkyl carbamates (subject to hydrolysis) is 1. The third-order valence-corrected chi connectivity index (χ3v) is 12.3. The Kier molecular flexibility index (Phi) is 13.7. The number of aromatic nitrogens is 8. The zero-order valence-electron chi connectivity index (χ0n) is 37.5. The number of nitrogens with one attached hydrogen (secondary N) is 4. The smallest absolute Gasteiger partial charge is 0.408 e. The van der Waals surface area contributed by atoms with E-state index in [2.05, 4.69) is 41.0 Å². The molecule has 0 aliphatic rings. The molecule has 0 bridgehead atoms. The number of benzene rings is 5. The summed E-state index contributed by atoms with van der Waals surface area (Å²) in [6.07, 6.45) is 11.0. The molecule has 4 aromatic heterocycles. The van der Waals surface area contributed by atoms with Crippen LogP contribution in [0.4, 0.5) is 10.7 Å². The molecule has 0 saturated heterocycles. The van der Waals surface area contributed by atoms with E-state index in [9.17, 15) is 31.2 Å². The maximum absolute atomic E-state index is 12.7. The molecule has 0 atom stereocenters.